The van der Waals surface area contributed by atoms with E-state index in [0.29, 0.717) is 29.8 Å². The summed E-state index contributed by atoms with van der Waals surface area (Å²) in [6, 6.07) is 3.19. The number of aromatic carboxylic acids is 1. The molecule has 0 fully saturated rings. The van der Waals surface area contributed by atoms with Crippen LogP contribution < -0.4 is 0 Å². The molecule has 0 saturated carbocycles. The first-order chi connectivity index (χ1) is 7.95. The van der Waals surface area contributed by atoms with Crippen LogP contribution in [0.5, 0.6) is 0 Å². The van der Waals surface area contributed by atoms with E-state index in [4.69, 9.17) is 16.7 Å². The minimum atomic E-state index is -1.01. The topological polar surface area (TPSA) is 54.4 Å². The molecule has 3 nitrogen and oxygen atoms in total. The molecule has 0 atom stereocenters. The highest BCUT2D eigenvalue weighted by Gasteiger charge is 2.13. The number of hydrogen-bond acceptors (Lipinski definition) is 2. The molecule has 1 N–H and O–H groups in total. The van der Waals surface area contributed by atoms with E-state index in [9.17, 15) is 9.59 Å². The molecule has 1 aromatic carbocycles. The number of halogens is 1. The third-order valence-corrected chi connectivity index (χ3v) is 3.09. The van der Waals surface area contributed by atoms with Crippen LogP contribution in [0.3, 0.4) is 0 Å². The standard InChI is InChI=1S/C13H15ClO3/c1-3-10(15)5-4-9-6-8(2)12(14)7-11(9)13(16)17/h6-7H,3-5H2,1-2H3,(H,16,17). The molecule has 0 radical (unpaired) electrons. The zero-order valence-corrected chi connectivity index (χ0v) is 10.7. The van der Waals surface area contributed by atoms with Gasteiger partial charge in [-0.2, -0.15) is 0 Å². The van der Waals surface area contributed by atoms with Gasteiger partial charge in [-0.1, -0.05) is 24.6 Å². The van der Waals surface area contributed by atoms with Gasteiger partial charge in [-0.15, -0.1) is 0 Å². The van der Waals surface area contributed by atoms with E-state index in [1.807, 2.05) is 6.92 Å². The predicted molar refractivity (Wildman–Crippen MR) is 66.8 cm³/mol. The number of ketones is 1. The van der Waals surface area contributed by atoms with Crippen LogP contribution in [0.4, 0.5) is 0 Å². The largest absolute Gasteiger partial charge is 0.478 e. The summed E-state index contributed by atoms with van der Waals surface area (Å²) in [5, 5.41) is 9.50. The lowest BCUT2D eigenvalue weighted by Gasteiger charge is -2.08. The van der Waals surface area contributed by atoms with Crippen molar-refractivity contribution in [2.24, 2.45) is 0 Å². The van der Waals surface area contributed by atoms with Gasteiger partial charge in [0, 0.05) is 17.9 Å². The number of carboxylic acids is 1. The number of hydrogen-bond donors (Lipinski definition) is 1. The van der Waals surface area contributed by atoms with Gasteiger partial charge in [0.25, 0.3) is 0 Å². The van der Waals surface area contributed by atoms with Gasteiger partial charge in [-0.25, -0.2) is 4.79 Å². The van der Waals surface area contributed by atoms with Crippen LogP contribution in [0.25, 0.3) is 0 Å². The van der Waals surface area contributed by atoms with E-state index in [1.165, 1.54) is 6.07 Å². The van der Waals surface area contributed by atoms with Gasteiger partial charge in [0.1, 0.15) is 5.78 Å². The third kappa shape index (κ3) is 3.56. The van der Waals surface area contributed by atoms with Crippen LogP contribution >= 0.6 is 11.6 Å². The summed E-state index contributed by atoms with van der Waals surface area (Å²) < 4.78 is 0. The monoisotopic (exact) mass is 254 g/mol. The highest BCUT2D eigenvalue weighted by Crippen LogP contribution is 2.22. The Morgan fingerprint density at radius 1 is 1.35 bits per heavy atom. The SMILES string of the molecule is CCC(=O)CCc1cc(C)c(Cl)cc1C(=O)O. The molecule has 1 aromatic rings. The van der Waals surface area contributed by atoms with Gasteiger partial charge >= 0.3 is 5.97 Å². The van der Waals surface area contributed by atoms with E-state index in [0.717, 1.165) is 5.56 Å². The van der Waals surface area contributed by atoms with Gasteiger partial charge in [-0.3, -0.25) is 4.79 Å². The Kier molecular flexibility index (Phi) is 4.70. The Balaban J connectivity index is 3.00. The predicted octanol–water partition coefficient (Wildman–Crippen LogP) is 3.26. The van der Waals surface area contributed by atoms with Crippen molar-refractivity contribution >= 4 is 23.4 Å². The van der Waals surface area contributed by atoms with Crippen LogP contribution in [-0.4, -0.2) is 16.9 Å². The molecule has 0 aliphatic carbocycles. The molecule has 0 spiro atoms. The Hall–Kier alpha value is -1.35. The highest BCUT2D eigenvalue weighted by atomic mass is 35.5. The number of Topliss-reactive ketones (excluding diaryl/α,β-unsaturated/α-hetero) is 1. The van der Waals surface area contributed by atoms with Gasteiger partial charge in [0.15, 0.2) is 0 Å². The fourth-order valence-corrected chi connectivity index (χ4v) is 1.76. The minimum absolute atomic E-state index is 0.133. The van der Waals surface area contributed by atoms with E-state index < -0.39 is 5.97 Å². The molecule has 1 rings (SSSR count). The smallest absolute Gasteiger partial charge is 0.336 e. The Bertz CT molecular complexity index is 452. The van der Waals surface area contributed by atoms with Crippen molar-refractivity contribution in [2.75, 3.05) is 0 Å². The van der Waals surface area contributed by atoms with Crippen LogP contribution in [-0.2, 0) is 11.2 Å². The van der Waals surface area contributed by atoms with Crippen molar-refractivity contribution in [3.8, 4) is 0 Å². The average molecular weight is 255 g/mol. The van der Waals surface area contributed by atoms with Crippen molar-refractivity contribution in [3.05, 3.63) is 33.8 Å². The van der Waals surface area contributed by atoms with Crippen molar-refractivity contribution in [2.45, 2.75) is 33.1 Å². The van der Waals surface area contributed by atoms with E-state index in [2.05, 4.69) is 0 Å². The van der Waals surface area contributed by atoms with Crippen molar-refractivity contribution in [1.29, 1.82) is 0 Å². The molecular formula is C13H15ClO3. The first-order valence-electron chi connectivity index (χ1n) is 5.49. The second-order valence-electron chi connectivity index (χ2n) is 3.96. The molecular weight excluding hydrogens is 240 g/mol. The summed E-state index contributed by atoms with van der Waals surface area (Å²) in [6.07, 6.45) is 1.30. The maximum atomic E-state index is 11.2. The lowest BCUT2D eigenvalue weighted by molar-refractivity contribution is -0.118. The second-order valence-corrected chi connectivity index (χ2v) is 4.36. The summed E-state index contributed by atoms with van der Waals surface area (Å²) in [4.78, 5) is 22.3. The van der Waals surface area contributed by atoms with Gasteiger partial charge in [-0.05, 0) is 30.5 Å². The number of benzene rings is 1. The molecule has 0 amide bonds. The number of carbonyl (C=O) groups is 2. The Morgan fingerprint density at radius 3 is 2.53 bits per heavy atom. The fraction of sp³-hybridized carbons (Fsp3) is 0.385. The van der Waals surface area contributed by atoms with Crippen LogP contribution in [0.1, 0.15) is 41.3 Å². The summed E-state index contributed by atoms with van der Waals surface area (Å²) in [5.41, 5.74) is 1.68. The second kappa shape index (κ2) is 5.82. The molecule has 17 heavy (non-hydrogen) atoms. The number of carbonyl (C=O) groups excluding carboxylic acids is 1. The van der Waals surface area contributed by atoms with Crippen LogP contribution in [0, 0.1) is 6.92 Å². The molecule has 0 aliphatic rings. The lowest BCUT2D eigenvalue weighted by Crippen LogP contribution is -2.06. The molecule has 0 unspecified atom stereocenters. The first-order valence-corrected chi connectivity index (χ1v) is 5.87. The van der Waals surface area contributed by atoms with E-state index in [-0.39, 0.29) is 11.3 Å². The van der Waals surface area contributed by atoms with Crippen LogP contribution in [0.2, 0.25) is 5.02 Å². The highest BCUT2D eigenvalue weighted by molar-refractivity contribution is 6.31. The van der Waals surface area contributed by atoms with Gasteiger partial charge < -0.3 is 5.11 Å². The van der Waals surface area contributed by atoms with E-state index in [1.54, 1.807) is 13.0 Å². The molecule has 0 heterocycles. The number of aryl methyl sites for hydroxylation is 2. The Morgan fingerprint density at radius 2 is 2.00 bits per heavy atom. The zero-order valence-electron chi connectivity index (χ0n) is 9.92. The normalized spacial score (nSPS) is 10.3. The van der Waals surface area contributed by atoms with E-state index >= 15 is 0 Å². The van der Waals surface area contributed by atoms with Crippen molar-refractivity contribution in [3.63, 3.8) is 0 Å². The number of carboxylic acid groups (broad SMARTS) is 1. The number of rotatable bonds is 5. The van der Waals surface area contributed by atoms with Crippen molar-refractivity contribution < 1.29 is 14.7 Å². The molecule has 0 aliphatic heterocycles. The minimum Gasteiger partial charge on any atom is -0.478 e. The molecule has 0 aromatic heterocycles. The van der Waals surface area contributed by atoms with Crippen molar-refractivity contribution in [1.82, 2.24) is 0 Å². The first kappa shape index (κ1) is 13.7. The summed E-state index contributed by atoms with van der Waals surface area (Å²) in [7, 11) is 0. The molecule has 0 bridgehead atoms. The molecule has 92 valence electrons. The Labute approximate surface area is 105 Å². The lowest BCUT2D eigenvalue weighted by atomic mass is 9.98. The van der Waals surface area contributed by atoms with Gasteiger partial charge in [0.05, 0.1) is 5.56 Å². The molecule has 0 saturated heterocycles. The van der Waals surface area contributed by atoms with Crippen LogP contribution in [0.15, 0.2) is 12.1 Å². The molecule has 4 heteroatoms. The maximum absolute atomic E-state index is 11.2. The summed E-state index contributed by atoms with van der Waals surface area (Å²) in [6.45, 7) is 3.62. The quantitative estimate of drug-likeness (QED) is 0.878. The fourth-order valence-electron chi connectivity index (χ4n) is 1.60. The maximum Gasteiger partial charge on any atom is 0.336 e. The average Bonchev–Trinajstić information content (AvgIpc) is 2.29. The summed E-state index contributed by atoms with van der Waals surface area (Å²) in [5.74, 6) is -0.875. The third-order valence-electron chi connectivity index (χ3n) is 2.68. The van der Waals surface area contributed by atoms with Gasteiger partial charge in [0.2, 0.25) is 0 Å². The summed E-state index contributed by atoms with van der Waals surface area (Å²) >= 11 is 5.89. The zero-order chi connectivity index (χ0) is 13.0.